The predicted molar refractivity (Wildman–Crippen MR) is 50.0 cm³/mol. The highest BCUT2D eigenvalue weighted by Crippen LogP contribution is 1.97. The van der Waals surface area contributed by atoms with Crippen LogP contribution in [0.25, 0.3) is 0 Å². The van der Waals surface area contributed by atoms with Crippen LogP contribution in [-0.4, -0.2) is 0 Å². The van der Waals surface area contributed by atoms with Crippen molar-refractivity contribution in [3.8, 4) is 0 Å². The van der Waals surface area contributed by atoms with Crippen LogP contribution in [0.1, 0.15) is 13.8 Å². The third-order valence-corrected chi connectivity index (χ3v) is 0.796. The third kappa shape index (κ3) is 10.0. The molecule has 0 aliphatic heterocycles. The number of rotatable bonds is 2. The zero-order valence-corrected chi connectivity index (χ0v) is 6.98. The molecule has 0 aromatic carbocycles. The van der Waals surface area contributed by atoms with Gasteiger partial charge in [0.1, 0.15) is 0 Å². The van der Waals surface area contributed by atoms with Crippen LogP contribution in [0.2, 0.25) is 0 Å². The van der Waals surface area contributed by atoms with Gasteiger partial charge in [0.25, 0.3) is 0 Å². The normalized spacial score (nSPS) is 9.20. The van der Waals surface area contributed by atoms with Gasteiger partial charge in [-0.15, -0.1) is 13.2 Å². The van der Waals surface area contributed by atoms with Gasteiger partial charge >= 0.3 is 0 Å². The Hall–Kier alpha value is -1.04. The lowest BCUT2D eigenvalue weighted by atomic mass is 10.2. The van der Waals surface area contributed by atoms with Gasteiger partial charge in [0.2, 0.25) is 0 Å². The zero-order chi connectivity index (χ0) is 8.57. The monoisotopic (exact) mass is 136 g/mol. The van der Waals surface area contributed by atoms with Crippen LogP contribution in [0.3, 0.4) is 0 Å². The summed E-state index contributed by atoms with van der Waals surface area (Å²) >= 11 is 0. The molecule has 0 saturated heterocycles. The fourth-order valence-corrected chi connectivity index (χ4v) is 0.448. The Morgan fingerprint density at radius 1 is 1.20 bits per heavy atom. The average Bonchev–Trinajstić information content (AvgIpc) is 1.91. The molecule has 0 unspecified atom stereocenters. The van der Waals surface area contributed by atoms with E-state index in [-0.39, 0.29) is 0 Å². The van der Waals surface area contributed by atoms with Crippen molar-refractivity contribution in [1.82, 2.24) is 0 Å². The highest BCUT2D eigenvalue weighted by atomic mass is 13.8. The Labute approximate surface area is 64.3 Å². The summed E-state index contributed by atoms with van der Waals surface area (Å²) in [5, 5.41) is 0. The Kier molecular flexibility index (Phi) is 9.33. The summed E-state index contributed by atoms with van der Waals surface area (Å²) in [7, 11) is 0. The molecule has 0 aliphatic carbocycles. The second-order valence-electron chi connectivity index (χ2n) is 1.94. The van der Waals surface area contributed by atoms with Gasteiger partial charge in [-0.1, -0.05) is 36.5 Å². The minimum Gasteiger partial charge on any atom is -0.106 e. The van der Waals surface area contributed by atoms with E-state index in [9.17, 15) is 0 Å². The van der Waals surface area contributed by atoms with Crippen LogP contribution < -0.4 is 0 Å². The van der Waals surface area contributed by atoms with Gasteiger partial charge in [-0.05, 0) is 13.8 Å². The van der Waals surface area contributed by atoms with Gasteiger partial charge in [0.15, 0.2) is 0 Å². The molecule has 0 bridgehead atoms. The molecule has 0 aliphatic rings. The molecular formula is C10H16. The quantitative estimate of drug-likeness (QED) is 0.402. The van der Waals surface area contributed by atoms with Gasteiger partial charge in [-0.25, -0.2) is 0 Å². The maximum Gasteiger partial charge on any atom is -0.0398 e. The average molecular weight is 136 g/mol. The molecule has 0 atom stereocenters. The first-order valence-electron chi connectivity index (χ1n) is 3.13. The first kappa shape index (κ1) is 11.7. The van der Waals surface area contributed by atoms with E-state index >= 15 is 0 Å². The molecule has 10 heavy (non-hydrogen) atoms. The van der Waals surface area contributed by atoms with Crippen LogP contribution in [0, 0.1) is 0 Å². The van der Waals surface area contributed by atoms with Crippen molar-refractivity contribution in [1.29, 1.82) is 0 Å². The lowest BCUT2D eigenvalue weighted by Gasteiger charge is -1.87. The lowest BCUT2D eigenvalue weighted by molar-refractivity contribution is 1.46. The van der Waals surface area contributed by atoms with Crippen molar-refractivity contribution in [2.45, 2.75) is 13.8 Å². The van der Waals surface area contributed by atoms with Gasteiger partial charge in [0, 0.05) is 0 Å². The summed E-state index contributed by atoms with van der Waals surface area (Å²) in [4.78, 5) is 0. The van der Waals surface area contributed by atoms with E-state index in [2.05, 4.69) is 26.3 Å². The van der Waals surface area contributed by atoms with Crippen molar-refractivity contribution in [2.75, 3.05) is 0 Å². The summed E-state index contributed by atoms with van der Waals surface area (Å²) in [6.07, 6.45) is 3.81. The smallest absolute Gasteiger partial charge is 0.0398 e. The second kappa shape index (κ2) is 7.96. The van der Waals surface area contributed by atoms with Crippen LogP contribution in [0.4, 0.5) is 0 Å². The predicted octanol–water partition coefficient (Wildman–Crippen LogP) is 3.50. The molecule has 0 nitrogen and oxygen atoms in total. The fourth-order valence-electron chi connectivity index (χ4n) is 0.448. The molecule has 0 heterocycles. The van der Waals surface area contributed by atoms with Crippen molar-refractivity contribution in [3.05, 3.63) is 49.6 Å². The van der Waals surface area contributed by atoms with Gasteiger partial charge in [0.05, 0.1) is 0 Å². The summed E-state index contributed by atoms with van der Waals surface area (Å²) in [6.45, 7) is 17.3. The Balaban J connectivity index is 0. The maximum atomic E-state index is 3.72. The van der Waals surface area contributed by atoms with E-state index in [0.717, 1.165) is 11.1 Å². The van der Waals surface area contributed by atoms with E-state index in [1.165, 1.54) is 0 Å². The van der Waals surface area contributed by atoms with Crippen molar-refractivity contribution < 1.29 is 0 Å². The minimum atomic E-state index is 1.07. The molecular weight excluding hydrogens is 120 g/mol. The Bertz CT molecular complexity index is 138. The van der Waals surface area contributed by atoms with Crippen molar-refractivity contribution >= 4 is 0 Å². The summed E-state index contributed by atoms with van der Waals surface area (Å²) in [5.41, 5.74) is 2.24. The molecule has 0 rings (SSSR count). The number of hydrogen-bond donors (Lipinski definition) is 0. The van der Waals surface area contributed by atoms with E-state index in [1.54, 1.807) is 0 Å². The molecule has 0 N–H and O–H groups in total. The maximum absolute atomic E-state index is 3.72. The first-order valence-corrected chi connectivity index (χ1v) is 3.13. The topological polar surface area (TPSA) is 0 Å². The highest BCUT2D eigenvalue weighted by Gasteiger charge is 1.76. The first-order chi connectivity index (χ1) is 4.66. The molecule has 0 aromatic heterocycles. The summed E-state index contributed by atoms with van der Waals surface area (Å²) in [6, 6.07) is 0. The highest BCUT2D eigenvalue weighted by molar-refractivity contribution is 5.23. The SMILES string of the molecule is C=C.C=C/C(C)=C\C(=C)C. The molecule has 0 fully saturated rings. The molecule has 0 heteroatoms. The minimum absolute atomic E-state index is 1.07. The number of allylic oxidation sites excluding steroid dienone is 4. The molecule has 0 saturated carbocycles. The van der Waals surface area contributed by atoms with Crippen molar-refractivity contribution in [3.63, 3.8) is 0 Å². The number of hydrogen-bond acceptors (Lipinski definition) is 0. The van der Waals surface area contributed by atoms with Gasteiger partial charge in [-0.2, -0.15) is 0 Å². The lowest BCUT2D eigenvalue weighted by Crippen LogP contribution is -1.66. The van der Waals surface area contributed by atoms with E-state index in [1.807, 2.05) is 26.0 Å². The zero-order valence-electron chi connectivity index (χ0n) is 6.98. The van der Waals surface area contributed by atoms with Crippen LogP contribution in [0.15, 0.2) is 49.6 Å². The van der Waals surface area contributed by atoms with E-state index < -0.39 is 0 Å². The molecule has 56 valence electrons. The Morgan fingerprint density at radius 3 is 1.70 bits per heavy atom. The van der Waals surface area contributed by atoms with Crippen molar-refractivity contribution in [2.24, 2.45) is 0 Å². The van der Waals surface area contributed by atoms with Gasteiger partial charge < -0.3 is 0 Å². The second-order valence-corrected chi connectivity index (χ2v) is 1.94. The van der Waals surface area contributed by atoms with Crippen LogP contribution in [0.5, 0.6) is 0 Å². The standard InChI is InChI=1S/C8H12.C2H4/c1-5-8(4)6-7(2)3;1-2/h5-6H,1-2H2,3-4H3;1-2H2/b8-6-;. The molecule has 0 amide bonds. The van der Waals surface area contributed by atoms with Crippen LogP contribution >= 0.6 is 0 Å². The largest absolute Gasteiger partial charge is 0.106 e. The summed E-state index contributed by atoms with van der Waals surface area (Å²) < 4.78 is 0. The van der Waals surface area contributed by atoms with E-state index in [0.29, 0.717) is 0 Å². The summed E-state index contributed by atoms with van der Waals surface area (Å²) in [5.74, 6) is 0. The fraction of sp³-hybridized carbons (Fsp3) is 0.200. The molecule has 0 radical (unpaired) electrons. The van der Waals surface area contributed by atoms with E-state index in [4.69, 9.17) is 0 Å². The van der Waals surface area contributed by atoms with Gasteiger partial charge in [-0.3, -0.25) is 0 Å². The molecule has 0 spiro atoms. The molecule has 0 aromatic rings. The Morgan fingerprint density at radius 2 is 1.60 bits per heavy atom. The van der Waals surface area contributed by atoms with Crippen LogP contribution in [-0.2, 0) is 0 Å². The third-order valence-electron chi connectivity index (χ3n) is 0.796.